The van der Waals surface area contributed by atoms with Crippen molar-refractivity contribution in [3.05, 3.63) is 39.5 Å². The molecule has 0 radical (unpaired) electrons. The van der Waals surface area contributed by atoms with Crippen LogP contribution >= 0.6 is 11.3 Å². The Morgan fingerprint density at radius 2 is 2.37 bits per heavy atom. The Kier molecular flexibility index (Phi) is 2.65. The van der Waals surface area contributed by atoms with Crippen LogP contribution in [0.4, 0.5) is 4.39 Å². The number of ether oxygens (including phenoxy) is 1. The topological polar surface area (TPSA) is 34.1 Å². The van der Waals surface area contributed by atoms with Crippen LogP contribution in [0.5, 0.6) is 0 Å². The van der Waals surface area contributed by atoms with Gasteiger partial charge in [0, 0.05) is 30.0 Å². The number of halogens is 1. The first-order valence-corrected chi connectivity index (χ1v) is 7.23. The normalized spacial score (nSPS) is 21.2. The van der Waals surface area contributed by atoms with Crippen molar-refractivity contribution in [3.63, 3.8) is 0 Å². The molecule has 0 saturated carbocycles. The number of benzene rings is 1. The Balaban J connectivity index is 1.71. The van der Waals surface area contributed by atoms with Crippen molar-refractivity contribution in [2.75, 3.05) is 19.7 Å². The molecule has 98 valence electrons. The zero-order valence-electron chi connectivity index (χ0n) is 10.3. The number of morpholine rings is 1. The largest absolute Gasteiger partial charge is 0.368 e. The maximum absolute atomic E-state index is 13.2. The predicted molar refractivity (Wildman–Crippen MR) is 71.9 cm³/mol. The minimum absolute atomic E-state index is 0.0632. The van der Waals surface area contributed by atoms with Crippen molar-refractivity contribution < 1.29 is 9.13 Å². The molecule has 2 aliphatic rings. The van der Waals surface area contributed by atoms with Crippen molar-refractivity contribution in [2.24, 2.45) is 0 Å². The van der Waals surface area contributed by atoms with Gasteiger partial charge in [-0.15, -0.1) is 11.3 Å². The van der Waals surface area contributed by atoms with Gasteiger partial charge in [-0.25, -0.2) is 9.37 Å². The number of rotatable bonds is 1. The molecule has 1 aliphatic heterocycles. The summed E-state index contributed by atoms with van der Waals surface area (Å²) in [4.78, 5) is 5.94. The maximum atomic E-state index is 13.2. The summed E-state index contributed by atoms with van der Waals surface area (Å²) in [5.41, 5.74) is 3.13. The number of hydrogen-bond donors (Lipinski definition) is 1. The summed E-state index contributed by atoms with van der Waals surface area (Å²) in [6.45, 7) is 2.46. The van der Waals surface area contributed by atoms with E-state index < -0.39 is 0 Å². The van der Waals surface area contributed by atoms with E-state index in [0.717, 1.165) is 47.9 Å². The Labute approximate surface area is 114 Å². The number of nitrogens with zero attached hydrogens (tertiary/aromatic N) is 1. The van der Waals surface area contributed by atoms with E-state index in [2.05, 4.69) is 5.32 Å². The first-order chi connectivity index (χ1) is 9.31. The minimum Gasteiger partial charge on any atom is -0.368 e. The van der Waals surface area contributed by atoms with E-state index in [9.17, 15) is 4.39 Å². The van der Waals surface area contributed by atoms with Gasteiger partial charge in [0.2, 0.25) is 0 Å². The van der Waals surface area contributed by atoms with E-state index in [1.807, 2.05) is 6.07 Å². The van der Waals surface area contributed by atoms with Gasteiger partial charge in [0.1, 0.15) is 16.9 Å². The second kappa shape index (κ2) is 4.37. The summed E-state index contributed by atoms with van der Waals surface area (Å²) in [5, 5.41) is 4.35. The molecule has 0 amide bonds. The summed E-state index contributed by atoms with van der Waals surface area (Å²) < 4.78 is 18.9. The molecular weight excluding hydrogens is 263 g/mol. The fraction of sp³-hybridized carbons (Fsp3) is 0.357. The first kappa shape index (κ1) is 11.5. The summed E-state index contributed by atoms with van der Waals surface area (Å²) >= 11 is 1.69. The zero-order valence-corrected chi connectivity index (χ0v) is 11.1. The molecule has 2 aromatic rings. The third kappa shape index (κ3) is 1.89. The second-order valence-corrected chi connectivity index (χ2v) is 5.98. The van der Waals surface area contributed by atoms with Crippen LogP contribution in [0.3, 0.4) is 0 Å². The summed E-state index contributed by atoms with van der Waals surface area (Å²) in [6.07, 6.45) is 0.855. The molecule has 1 aromatic carbocycles. The molecule has 0 bridgehead atoms. The third-order valence-corrected chi connectivity index (χ3v) is 4.74. The Bertz CT molecular complexity index is 634. The van der Waals surface area contributed by atoms with Gasteiger partial charge in [0.25, 0.3) is 0 Å². The first-order valence-electron chi connectivity index (χ1n) is 6.42. The van der Waals surface area contributed by atoms with Gasteiger partial charge in [-0.2, -0.15) is 0 Å². The van der Waals surface area contributed by atoms with Gasteiger partial charge in [-0.3, -0.25) is 0 Å². The lowest BCUT2D eigenvalue weighted by molar-refractivity contribution is 0.0276. The maximum Gasteiger partial charge on any atom is 0.124 e. The molecule has 5 heteroatoms. The van der Waals surface area contributed by atoms with E-state index in [4.69, 9.17) is 9.72 Å². The molecule has 1 atom stereocenters. The van der Waals surface area contributed by atoms with E-state index in [0.29, 0.717) is 0 Å². The highest BCUT2D eigenvalue weighted by atomic mass is 32.1. The van der Waals surface area contributed by atoms with E-state index >= 15 is 0 Å². The molecule has 2 heterocycles. The van der Waals surface area contributed by atoms with Gasteiger partial charge in [-0.05, 0) is 23.8 Å². The lowest BCUT2D eigenvalue weighted by atomic mass is 10.1. The molecule has 1 saturated heterocycles. The molecular formula is C14H13FN2OS. The van der Waals surface area contributed by atoms with Crippen LogP contribution in [0.25, 0.3) is 11.3 Å². The molecule has 0 spiro atoms. The SMILES string of the molecule is Fc1ccc2c(c1)Cc1sc(C3CNCCO3)nc1-2. The standard InChI is InChI=1S/C14H13FN2OS/c15-9-1-2-10-8(5-9)6-12-13(10)17-14(19-12)11-7-16-3-4-18-11/h1-2,5,11,16H,3-4,6-7H2. The zero-order chi connectivity index (χ0) is 12.8. The van der Waals surface area contributed by atoms with Crippen LogP contribution in [0, 0.1) is 5.82 Å². The van der Waals surface area contributed by atoms with Crippen molar-refractivity contribution >= 4 is 11.3 Å². The lowest BCUT2D eigenvalue weighted by Crippen LogP contribution is -2.33. The van der Waals surface area contributed by atoms with E-state index in [1.165, 1.54) is 10.9 Å². The van der Waals surface area contributed by atoms with Crippen molar-refractivity contribution in [2.45, 2.75) is 12.5 Å². The van der Waals surface area contributed by atoms with E-state index in [-0.39, 0.29) is 11.9 Å². The smallest absolute Gasteiger partial charge is 0.124 e. The van der Waals surface area contributed by atoms with Gasteiger partial charge >= 0.3 is 0 Å². The van der Waals surface area contributed by atoms with Gasteiger partial charge in [-0.1, -0.05) is 0 Å². The average molecular weight is 276 g/mol. The molecule has 1 aromatic heterocycles. The Morgan fingerprint density at radius 1 is 1.42 bits per heavy atom. The fourth-order valence-corrected chi connectivity index (χ4v) is 3.83. The van der Waals surface area contributed by atoms with Crippen LogP contribution in [0.15, 0.2) is 18.2 Å². The van der Waals surface area contributed by atoms with Gasteiger partial charge in [0.15, 0.2) is 0 Å². The number of aromatic nitrogens is 1. The summed E-state index contributed by atoms with van der Waals surface area (Å²) in [6, 6.07) is 4.95. The van der Waals surface area contributed by atoms with Crippen LogP contribution in [0.2, 0.25) is 0 Å². The molecule has 1 N–H and O–H groups in total. The summed E-state index contributed by atoms with van der Waals surface area (Å²) in [7, 11) is 0. The fourth-order valence-electron chi connectivity index (χ4n) is 2.67. The molecule has 4 rings (SSSR count). The lowest BCUT2D eigenvalue weighted by Gasteiger charge is -2.21. The van der Waals surface area contributed by atoms with Crippen LogP contribution in [0.1, 0.15) is 21.6 Å². The van der Waals surface area contributed by atoms with Gasteiger partial charge in [0.05, 0.1) is 12.3 Å². The quantitative estimate of drug-likeness (QED) is 0.741. The number of hydrogen-bond acceptors (Lipinski definition) is 4. The minimum atomic E-state index is -0.172. The molecule has 1 aliphatic carbocycles. The second-order valence-electron chi connectivity index (χ2n) is 4.87. The van der Waals surface area contributed by atoms with Gasteiger partial charge < -0.3 is 10.1 Å². The molecule has 1 unspecified atom stereocenters. The van der Waals surface area contributed by atoms with Crippen LogP contribution in [-0.4, -0.2) is 24.7 Å². The Hall–Kier alpha value is -1.30. The highest BCUT2D eigenvalue weighted by molar-refractivity contribution is 7.12. The third-order valence-electron chi connectivity index (χ3n) is 3.59. The molecule has 19 heavy (non-hydrogen) atoms. The van der Waals surface area contributed by atoms with E-state index in [1.54, 1.807) is 17.4 Å². The van der Waals surface area contributed by atoms with Crippen LogP contribution in [-0.2, 0) is 11.2 Å². The predicted octanol–water partition coefficient (Wildman–Crippen LogP) is 2.51. The van der Waals surface area contributed by atoms with Crippen molar-refractivity contribution in [3.8, 4) is 11.3 Å². The monoisotopic (exact) mass is 276 g/mol. The number of thiazole rings is 1. The number of nitrogens with one attached hydrogen (secondary N) is 1. The van der Waals surface area contributed by atoms with Crippen molar-refractivity contribution in [1.82, 2.24) is 10.3 Å². The molecule has 1 fully saturated rings. The highest BCUT2D eigenvalue weighted by Crippen LogP contribution is 2.41. The summed E-state index contributed by atoms with van der Waals surface area (Å²) in [5.74, 6) is -0.172. The Morgan fingerprint density at radius 3 is 3.21 bits per heavy atom. The average Bonchev–Trinajstić information content (AvgIpc) is 2.96. The van der Waals surface area contributed by atoms with Crippen LogP contribution < -0.4 is 5.32 Å². The highest BCUT2D eigenvalue weighted by Gasteiger charge is 2.27. The number of fused-ring (bicyclic) bond motifs is 3. The molecule has 3 nitrogen and oxygen atoms in total. The van der Waals surface area contributed by atoms with Crippen molar-refractivity contribution in [1.29, 1.82) is 0 Å².